The molecule has 0 fully saturated rings. The Morgan fingerprint density at radius 3 is 2.20 bits per heavy atom. The number of aryl methyl sites for hydroxylation is 1. The van der Waals surface area contributed by atoms with Crippen molar-refractivity contribution < 1.29 is 4.80 Å². The summed E-state index contributed by atoms with van der Waals surface area (Å²) in [6, 6.07) is 8.44. The van der Waals surface area contributed by atoms with Gasteiger partial charge in [0.1, 0.15) is 0 Å². The lowest BCUT2D eigenvalue weighted by Crippen LogP contribution is -2.40. The molecule has 15 heavy (non-hydrogen) atoms. The van der Waals surface area contributed by atoms with Crippen molar-refractivity contribution in [1.82, 2.24) is 0 Å². The molecule has 1 aromatic carbocycles. The average molecular weight is 222 g/mol. The van der Waals surface area contributed by atoms with E-state index in [1.807, 2.05) is 13.1 Å². The second-order valence-corrected chi connectivity index (χ2v) is 10.0. The smallest absolute Gasteiger partial charge is 0.188 e. The van der Waals surface area contributed by atoms with E-state index in [0.29, 0.717) is 0 Å². The van der Waals surface area contributed by atoms with Crippen LogP contribution in [-0.4, -0.2) is 13.1 Å². The van der Waals surface area contributed by atoms with Crippen molar-refractivity contribution in [2.75, 3.05) is 0 Å². The Bertz CT molecular complexity index is 337. The van der Waals surface area contributed by atoms with Crippen molar-refractivity contribution in [3.63, 3.8) is 0 Å². The fraction of sp³-hybridized carbons (Fsp3) is 0.538. The highest BCUT2D eigenvalue weighted by molar-refractivity contribution is 6.72. The maximum atomic E-state index is 10.2. The van der Waals surface area contributed by atoms with Crippen molar-refractivity contribution in [1.29, 1.82) is 0 Å². The van der Waals surface area contributed by atoms with Gasteiger partial charge in [0.15, 0.2) is 8.32 Å². The molecule has 0 aliphatic carbocycles. The molecule has 1 nitrogen and oxygen atoms in total. The van der Waals surface area contributed by atoms with E-state index in [4.69, 9.17) is 0 Å². The van der Waals surface area contributed by atoms with E-state index < -0.39 is 8.32 Å². The molecule has 0 aliphatic heterocycles. The summed E-state index contributed by atoms with van der Waals surface area (Å²) in [4.78, 5) is 10.2. The van der Waals surface area contributed by atoms with Crippen LogP contribution < -0.4 is 0 Å². The largest absolute Gasteiger partial charge is 0.432 e. The first kappa shape index (κ1) is 12.5. The van der Waals surface area contributed by atoms with Crippen LogP contribution in [0.15, 0.2) is 24.3 Å². The van der Waals surface area contributed by atoms with Gasteiger partial charge in [-0.1, -0.05) is 38.1 Å². The highest BCUT2D eigenvalue weighted by atomic mass is 28.4. The quantitative estimate of drug-likeness (QED) is 0.776. The molecule has 0 saturated carbocycles. The van der Waals surface area contributed by atoms with E-state index in [-0.39, 0.29) is 5.04 Å². The zero-order valence-electron chi connectivity index (χ0n) is 10.5. The minimum absolute atomic E-state index is 0.0269. The second kappa shape index (κ2) is 4.10. The van der Waals surface area contributed by atoms with Crippen LogP contribution in [0.1, 0.15) is 25.0 Å². The lowest BCUT2D eigenvalue weighted by molar-refractivity contribution is 0.467. The van der Waals surface area contributed by atoms with Gasteiger partial charge in [-0.3, -0.25) is 0 Å². The normalized spacial score (nSPS) is 12.9. The third-order valence-corrected chi connectivity index (χ3v) is 7.04. The zero-order valence-corrected chi connectivity index (χ0v) is 11.5. The summed E-state index contributed by atoms with van der Waals surface area (Å²) in [5.41, 5.74) is 2.68. The summed E-state index contributed by atoms with van der Waals surface area (Å²) < 4.78 is 0. The molecule has 0 bridgehead atoms. The molecule has 0 aromatic heterocycles. The summed E-state index contributed by atoms with van der Waals surface area (Å²) in [5, 5.41) is 0.0269. The Hall–Kier alpha value is -0.603. The van der Waals surface area contributed by atoms with Gasteiger partial charge in [0.2, 0.25) is 0 Å². The highest BCUT2D eigenvalue weighted by Gasteiger charge is 2.38. The van der Waals surface area contributed by atoms with Gasteiger partial charge < -0.3 is 4.80 Å². The van der Waals surface area contributed by atoms with Crippen molar-refractivity contribution in [2.45, 2.75) is 45.3 Å². The van der Waals surface area contributed by atoms with Crippen LogP contribution in [0.25, 0.3) is 0 Å². The van der Waals surface area contributed by atoms with Crippen molar-refractivity contribution >= 4 is 8.32 Å². The molecule has 0 amide bonds. The predicted molar refractivity (Wildman–Crippen MR) is 68.6 cm³/mol. The summed E-state index contributed by atoms with van der Waals surface area (Å²) >= 11 is 0. The molecule has 2 heteroatoms. The van der Waals surface area contributed by atoms with Gasteiger partial charge in [-0.15, -0.1) is 0 Å². The average Bonchev–Trinajstić information content (AvgIpc) is 2.06. The second-order valence-electron chi connectivity index (χ2n) is 5.55. The maximum Gasteiger partial charge on any atom is 0.188 e. The topological polar surface area (TPSA) is 20.2 Å². The van der Waals surface area contributed by atoms with Crippen LogP contribution in [0.3, 0.4) is 0 Å². The fourth-order valence-corrected chi connectivity index (χ4v) is 2.12. The van der Waals surface area contributed by atoms with Crippen LogP contribution in [0.2, 0.25) is 18.1 Å². The third-order valence-electron chi connectivity index (χ3n) is 3.55. The lowest BCUT2D eigenvalue weighted by atomic mass is 9.98. The first-order valence-corrected chi connectivity index (χ1v) is 8.46. The molecular weight excluding hydrogens is 200 g/mol. The fourth-order valence-electron chi connectivity index (χ4n) is 1.50. The van der Waals surface area contributed by atoms with Gasteiger partial charge in [-0.25, -0.2) is 0 Å². The molecular formula is C13H22OSi. The number of rotatable bonds is 3. The molecule has 0 heterocycles. The molecule has 0 saturated heterocycles. The Morgan fingerprint density at radius 2 is 1.73 bits per heavy atom. The van der Waals surface area contributed by atoms with E-state index in [1.54, 1.807) is 0 Å². The Kier molecular flexibility index (Phi) is 3.41. The number of hydrogen-bond donors (Lipinski definition) is 1. The number of hydrogen-bond acceptors (Lipinski definition) is 1. The molecule has 84 valence electrons. The molecule has 1 N–H and O–H groups in total. The standard InChI is InChI=1S/C13H22OSi/c1-11-8-6-7-9-12(11)10-13(2,3)15(4,5)14/h6-9,14H,10H2,1-5H3. The van der Waals surface area contributed by atoms with E-state index in [9.17, 15) is 4.80 Å². The van der Waals surface area contributed by atoms with E-state index in [2.05, 4.69) is 45.0 Å². The summed E-state index contributed by atoms with van der Waals surface area (Å²) in [5.74, 6) is 0. The van der Waals surface area contributed by atoms with Gasteiger partial charge in [0.05, 0.1) is 0 Å². The Morgan fingerprint density at radius 1 is 1.20 bits per heavy atom. The predicted octanol–water partition coefficient (Wildman–Crippen LogP) is 3.52. The first-order valence-electron chi connectivity index (χ1n) is 5.51. The molecule has 0 unspecified atom stereocenters. The van der Waals surface area contributed by atoms with Gasteiger partial charge in [-0.05, 0) is 42.6 Å². The van der Waals surface area contributed by atoms with Gasteiger partial charge in [0, 0.05) is 0 Å². The highest BCUT2D eigenvalue weighted by Crippen LogP contribution is 2.39. The van der Waals surface area contributed by atoms with Crippen LogP contribution in [0.5, 0.6) is 0 Å². The van der Waals surface area contributed by atoms with E-state index in [1.165, 1.54) is 11.1 Å². The van der Waals surface area contributed by atoms with Gasteiger partial charge >= 0.3 is 0 Å². The zero-order chi connectivity index (χ0) is 11.7. The van der Waals surface area contributed by atoms with Crippen LogP contribution in [0, 0.1) is 6.92 Å². The minimum Gasteiger partial charge on any atom is -0.432 e. The Labute approximate surface area is 94.3 Å². The number of benzene rings is 1. The molecule has 1 rings (SSSR count). The van der Waals surface area contributed by atoms with Gasteiger partial charge in [0.25, 0.3) is 0 Å². The van der Waals surface area contributed by atoms with E-state index >= 15 is 0 Å². The molecule has 0 atom stereocenters. The third kappa shape index (κ3) is 2.92. The van der Waals surface area contributed by atoms with Crippen LogP contribution >= 0.6 is 0 Å². The minimum atomic E-state index is -2.09. The van der Waals surface area contributed by atoms with Gasteiger partial charge in [-0.2, -0.15) is 0 Å². The molecule has 0 spiro atoms. The molecule has 1 aromatic rings. The maximum absolute atomic E-state index is 10.2. The lowest BCUT2D eigenvalue weighted by Gasteiger charge is -2.35. The monoisotopic (exact) mass is 222 g/mol. The van der Waals surface area contributed by atoms with Crippen molar-refractivity contribution in [2.24, 2.45) is 0 Å². The van der Waals surface area contributed by atoms with Crippen molar-refractivity contribution in [3.05, 3.63) is 35.4 Å². The molecule has 0 aliphatic rings. The first-order chi connectivity index (χ1) is 6.74. The summed E-state index contributed by atoms with van der Waals surface area (Å²) in [6.07, 6.45) is 0.968. The van der Waals surface area contributed by atoms with Crippen LogP contribution in [0.4, 0.5) is 0 Å². The van der Waals surface area contributed by atoms with E-state index in [0.717, 1.165) is 6.42 Å². The molecule has 0 radical (unpaired) electrons. The van der Waals surface area contributed by atoms with Crippen molar-refractivity contribution in [3.8, 4) is 0 Å². The Balaban J connectivity index is 2.92. The summed E-state index contributed by atoms with van der Waals surface area (Å²) in [7, 11) is -2.09. The SMILES string of the molecule is Cc1ccccc1CC(C)(C)[Si](C)(C)O. The summed E-state index contributed by atoms with van der Waals surface area (Å²) in [6.45, 7) is 10.5. The van der Waals surface area contributed by atoms with Crippen LogP contribution in [-0.2, 0) is 6.42 Å².